The van der Waals surface area contributed by atoms with Gasteiger partial charge in [0, 0.05) is 19.5 Å². The summed E-state index contributed by atoms with van der Waals surface area (Å²) in [5, 5.41) is 3.31. The number of carbonyl (C=O) groups excluding carboxylic acids is 1. The Labute approximate surface area is 80.1 Å². The normalized spacial score (nSPS) is 19.5. The largest absolute Gasteiger partial charge is 0.370 e. The van der Waals surface area contributed by atoms with E-state index in [2.05, 4.69) is 12.2 Å². The van der Waals surface area contributed by atoms with E-state index in [1.54, 1.807) is 0 Å². The maximum Gasteiger partial charge on any atom is 0.218 e. The van der Waals surface area contributed by atoms with Crippen molar-refractivity contribution in [3.8, 4) is 0 Å². The third kappa shape index (κ3) is 2.99. The molecule has 1 saturated carbocycles. The molecule has 0 atom stereocenters. The van der Waals surface area contributed by atoms with Gasteiger partial charge in [0.25, 0.3) is 0 Å². The monoisotopic (exact) mass is 184 g/mol. The van der Waals surface area contributed by atoms with Gasteiger partial charge in [-0.15, -0.1) is 0 Å². The molecule has 0 aromatic rings. The van der Waals surface area contributed by atoms with Gasteiger partial charge in [0.05, 0.1) is 0 Å². The van der Waals surface area contributed by atoms with Gasteiger partial charge >= 0.3 is 0 Å². The van der Waals surface area contributed by atoms with Gasteiger partial charge in [-0.05, 0) is 24.7 Å². The summed E-state index contributed by atoms with van der Waals surface area (Å²) < 4.78 is 0. The Kier molecular flexibility index (Phi) is 3.72. The lowest BCUT2D eigenvalue weighted by Crippen LogP contribution is -2.40. The summed E-state index contributed by atoms with van der Waals surface area (Å²) in [5.74, 6) is -0.216. The minimum atomic E-state index is -0.216. The summed E-state index contributed by atoms with van der Waals surface area (Å²) in [6.45, 7) is 4.03. The summed E-state index contributed by atoms with van der Waals surface area (Å²) in [7, 11) is 0. The topological polar surface area (TPSA) is 55.1 Å². The molecule has 1 aliphatic carbocycles. The molecule has 3 N–H and O–H groups in total. The van der Waals surface area contributed by atoms with E-state index in [0.29, 0.717) is 11.8 Å². The van der Waals surface area contributed by atoms with Gasteiger partial charge in [0.15, 0.2) is 0 Å². The molecule has 0 unspecified atom stereocenters. The lowest BCUT2D eigenvalue weighted by atomic mass is 9.67. The first-order valence-corrected chi connectivity index (χ1v) is 5.17. The van der Waals surface area contributed by atoms with Crippen molar-refractivity contribution < 1.29 is 4.79 Å². The van der Waals surface area contributed by atoms with E-state index in [0.717, 1.165) is 13.1 Å². The minimum Gasteiger partial charge on any atom is -0.370 e. The van der Waals surface area contributed by atoms with Crippen LogP contribution in [0.2, 0.25) is 0 Å². The third-order valence-corrected chi connectivity index (χ3v) is 3.21. The molecule has 0 heterocycles. The first-order chi connectivity index (χ1) is 6.18. The van der Waals surface area contributed by atoms with Gasteiger partial charge in [0.1, 0.15) is 0 Å². The maximum atomic E-state index is 10.5. The van der Waals surface area contributed by atoms with Crippen LogP contribution in [0.3, 0.4) is 0 Å². The molecule has 76 valence electrons. The van der Waals surface area contributed by atoms with Crippen LogP contribution < -0.4 is 11.1 Å². The van der Waals surface area contributed by atoms with E-state index >= 15 is 0 Å². The average Bonchev–Trinajstić information content (AvgIpc) is 2.01. The Morgan fingerprint density at radius 1 is 1.54 bits per heavy atom. The van der Waals surface area contributed by atoms with Gasteiger partial charge in [-0.25, -0.2) is 0 Å². The van der Waals surface area contributed by atoms with Crippen LogP contribution in [-0.2, 0) is 4.79 Å². The van der Waals surface area contributed by atoms with Crippen molar-refractivity contribution in [2.24, 2.45) is 11.1 Å². The summed E-state index contributed by atoms with van der Waals surface area (Å²) >= 11 is 0. The Hall–Kier alpha value is -0.570. The lowest BCUT2D eigenvalue weighted by Gasteiger charge is -2.41. The van der Waals surface area contributed by atoms with Crippen LogP contribution in [0.5, 0.6) is 0 Å². The van der Waals surface area contributed by atoms with E-state index in [-0.39, 0.29) is 5.91 Å². The molecule has 0 saturated heterocycles. The van der Waals surface area contributed by atoms with Crippen LogP contribution >= 0.6 is 0 Å². The fourth-order valence-corrected chi connectivity index (χ4v) is 1.90. The molecular weight excluding hydrogens is 164 g/mol. The van der Waals surface area contributed by atoms with E-state index in [4.69, 9.17) is 5.73 Å². The summed E-state index contributed by atoms with van der Waals surface area (Å²) in [5.41, 5.74) is 5.58. The molecule has 0 aromatic heterocycles. The van der Waals surface area contributed by atoms with Crippen LogP contribution in [0.4, 0.5) is 0 Å². The summed E-state index contributed by atoms with van der Waals surface area (Å²) in [4.78, 5) is 10.5. The highest BCUT2D eigenvalue weighted by Gasteiger charge is 2.34. The number of nitrogens with two attached hydrogens (primary N) is 1. The van der Waals surface area contributed by atoms with Crippen molar-refractivity contribution in [3.63, 3.8) is 0 Å². The molecule has 1 aliphatic rings. The molecule has 0 aromatic carbocycles. The molecule has 1 fully saturated rings. The number of nitrogens with one attached hydrogen (secondary N) is 1. The van der Waals surface area contributed by atoms with Crippen LogP contribution in [0.1, 0.15) is 39.0 Å². The van der Waals surface area contributed by atoms with E-state index in [9.17, 15) is 4.79 Å². The van der Waals surface area contributed by atoms with Crippen molar-refractivity contribution in [1.82, 2.24) is 5.32 Å². The maximum absolute atomic E-state index is 10.5. The zero-order chi connectivity index (χ0) is 9.73. The van der Waals surface area contributed by atoms with Gasteiger partial charge < -0.3 is 11.1 Å². The first-order valence-electron chi connectivity index (χ1n) is 5.17. The third-order valence-electron chi connectivity index (χ3n) is 3.21. The Morgan fingerprint density at radius 2 is 2.23 bits per heavy atom. The second kappa shape index (κ2) is 4.61. The second-order valence-corrected chi connectivity index (χ2v) is 4.10. The predicted octanol–water partition coefficient (Wildman–Crippen LogP) is 1.03. The quantitative estimate of drug-likeness (QED) is 0.606. The smallest absolute Gasteiger partial charge is 0.218 e. The van der Waals surface area contributed by atoms with E-state index < -0.39 is 0 Å². The van der Waals surface area contributed by atoms with Crippen LogP contribution in [0.15, 0.2) is 0 Å². The molecule has 13 heavy (non-hydrogen) atoms. The molecule has 1 rings (SSSR count). The van der Waals surface area contributed by atoms with Gasteiger partial charge in [-0.3, -0.25) is 4.79 Å². The zero-order valence-electron chi connectivity index (χ0n) is 8.44. The standard InChI is InChI=1S/C10H20N2O/c1-2-10(5-3-6-10)8-12-7-4-9(11)13/h12H,2-8H2,1H3,(H2,11,13). The summed E-state index contributed by atoms with van der Waals surface area (Å²) in [6.07, 6.45) is 5.75. The molecule has 0 aliphatic heterocycles. The van der Waals surface area contributed by atoms with Crippen LogP contribution in [-0.4, -0.2) is 19.0 Å². The molecule has 0 bridgehead atoms. The fraction of sp³-hybridized carbons (Fsp3) is 0.900. The number of hydrogen-bond acceptors (Lipinski definition) is 2. The van der Waals surface area contributed by atoms with Crippen molar-refractivity contribution in [3.05, 3.63) is 0 Å². The fourth-order valence-electron chi connectivity index (χ4n) is 1.90. The minimum absolute atomic E-state index is 0.216. The first kappa shape index (κ1) is 10.5. The van der Waals surface area contributed by atoms with Crippen molar-refractivity contribution in [2.75, 3.05) is 13.1 Å². The number of amides is 1. The van der Waals surface area contributed by atoms with Crippen molar-refractivity contribution in [1.29, 1.82) is 0 Å². The molecule has 0 spiro atoms. The highest BCUT2D eigenvalue weighted by atomic mass is 16.1. The highest BCUT2D eigenvalue weighted by Crippen LogP contribution is 2.42. The van der Waals surface area contributed by atoms with E-state index in [1.165, 1.54) is 25.7 Å². The molecule has 0 radical (unpaired) electrons. The Bertz CT molecular complexity index is 170. The second-order valence-electron chi connectivity index (χ2n) is 4.10. The SMILES string of the molecule is CCC1(CNCCC(N)=O)CCC1. The Morgan fingerprint density at radius 3 is 2.62 bits per heavy atom. The van der Waals surface area contributed by atoms with Gasteiger partial charge in [-0.1, -0.05) is 13.3 Å². The Balaban J connectivity index is 2.07. The predicted molar refractivity (Wildman–Crippen MR) is 53.3 cm³/mol. The average molecular weight is 184 g/mol. The van der Waals surface area contributed by atoms with Gasteiger partial charge in [0.2, 0.25) is 5.91 Å². The van der Waals surface area contributed by atoms with Crippen LogP contribution in [0.25, 0.3) is 0 Å². The molecule has 1 amide bonds. The highest BCUT2D eigenvalue weighted by molar-refractivity contribution is 5.73. The zero-order valence-corrected chi connectivity index (χ0v) is 8.44. The van der Waals surface area contributed by atoms with Crippen molar-refractivity contribution >= 4 is 5.91 Å². The molecule has 3 heteroatoms. The molecular formula is C10H20N2O. The van der Waals surface area contributed by atoms with Gasteiger partial charge in [-0.2, -0.15) is 0 Å². The summed E-state index contributed by atoms with van der Waals surface area (Å²) in [6, 6.07) is 0. The number of hydrogen-bond donors (Lipinski definition) is 2. The lowest BCUT2D eigenvalue weighted by molar-refractivity contribution is -0.117. The van der Waals surface area contributed by atoms with Crippen LogP contribution in [0, 0.1) is 5.41 Å². The number of primary amides is 1. The van der Waals surface area contributed by atoms with E-state index in [1.807, 2.05) is 0 Å². The molecule has 3 nitrogen and oxygen atoms in total. The number of rotatable bonds is 6. The number of carbonyl (C=O) groups is 1. The van der Waals surface area contributed by atoms with Crippen molar-refractivity contribution in [2.45, 2.75) is 39.0 Å².